The lowest BCUT2D eigenvalue weighted by Crippen LogP contribution is -2.16. The van der Waals surface area contributed by atoms with E-state index in [1.807, 2.05) is 13.8 Å². The molecule has 3 heterocycles. The predicted octanol–water partition coefficient (Wildman–Crippen LogP) is 1.45. The SMILES string of the molecule is Cc1sc2nc(CCC(=O)Nc3ccn(CC(=O)O)n3)[nH]c(=O)c2c1C. The first-order valence-corrected chi connectivity index (χ1v) is 8.69. The van der Waals surface area contributed by atoms with Crippen LogP contribution in [0.1, 0.15) is 22.7 Å². The molecule has 0 aliphatic carbocycles. The molecule has 0 aliphatic heterocycles. The molecule has 3 aromatic rings. The van der Waals surface area contributed by atoms with Crippen LogP contribution >= 0.6 is 11.3 Å². The van der Waals surface area contributed by atoms with Gasteiger partial charge in [0.2, 0.25) is 5.91 Å². The molecule has 26 heavy (non-hydrogen) atoms. The molecule has 0 fully saturated rings. The number of nitrogens with zero attached hydrogens (tertiary/aromatic N) is 3. The Hall–Kier alpha value is -3.01. The van der Waals surface area contributed by atoms with E-state index in [9.17, 15) is 14.4 Å². The summed E-state index contributed by atoms with van der Waals surface area (Å²) in [6.07, 6.45) is 1.87. The molecule has 0 bridgehead atoms. The maximum Gasteiger partial charge on any atom is 0.325 e. The zero-order chi connectivity index (χ0) is 18.8. The minimum Gasteiger partial charge on any atom is -0.480 e. The van der Waals surface area contributed by atoms with E-state index in [1.165, 1.54) is 28.3 Å². The summed E-state index contributed by atoms with van der Waals surface area (Å²) in [6.45, 7) is 3.56. The number of carboxylic acid groups (broad SMARTS) is 1. The second-order valence-corrected chi connectivity index (χ2v) is 7.02. The Morgan fingerprint density at radius 2 is 2.15 bits per heavy atom. The second kappa shape index (κ2) is 7.08. The van der Waals surface area contributed by atoms with Crippen LogP contribution in [0, 0.1) is 13.8 Å². The van der Waals surface area contributed by atoms with Crippen molar-refractivity contribution < 1.29 is 14.7 Å². The summed E-state index contributed by atoms with van der Waals surface area (Å²) in [5, 5.41) is 15.8. The Balaban J connectivity index is 1.64. The first-order chi connectivity index (χ1) is 12.3. The third-order valence-electron chi connectivity index (χ3n) is 3.88. The molecule has 9 nitrogen and oxygen atoms in total. The monoisotopic (exact) mass is 375 g/mol. The highest BCUT2D eigenvalue weighted by molar-refractivity contribution is 7.18. The predicted molar refractivity (Wildman–Crippen MR) is 96.5 cm³/mol. The average Bonchev–Trinajstić information content (AvgIpc) is 3.09. The van der Waals surface area contributed by atoms with E-state index in [0.29, 0.717) is 16.0 Å². The van der Waals surface area contributed by atoms with Gasteiger partial charge in [-0.15, -0.1) is 11.3 Å². The number of aromatic nitrogens is 4. The number of hydrogen-bond acceptors (Lipinski definition) is 6. The molecule has 3 rings (SSSR count). The van der Waals surface area contributed by atoms with E-state index in [4.69, 9.17) is 5.11 Å². The lowest BCUT2D eigenvalue weighted by molar-refractivity contribution is -0.137. The van der Waals surface area contributed by atoms with Crippen LogP contribution in [0.25, 0.3) is 10.2 Å². The normalized spacial score (nSPS) is 11.0. The lowest BCUT2D eigenvalue weighted by Gasteiger charge is -2.03. The van der Waals surface area contributed by atoms with E-state index < -0.39 is 5.97 Å². The summed E-state index contributed by atoms with van der Waals surface area (Å²) in [7, 11) is 0. The number of fused-ring (bicyclic) bond motifs is 1. The second-order valence-electron chi connectivity index (χ2n) is 5.82. The van der Waals surface area contributed by atoms with Gasteiger partial charge in [0.05, 0.1) is 5.39 Å². The number of amides is 1. The number of aliphatic carboxylic acids is 1. The molecular weight excluding hydrogens is 358 g/mol. The zero-order valence-electron chi connectivity index (χ0n) is 14.2. The molecular formula is C16H17N5O4S. The van der Waals surface area contributed by atoms with Gasteiger partial charge in [-0.25, -0.2) is 4.98 Å². The van der Waals surface area contributed by atoms with Crippen molar-refractivity contribution in [3.8, 4) is 0 Å². The van der Waals surface area contributed by atoms with Gasteiger partial charge in [-0.1, -0.05) is 0 Å². The average molecular weight is 375 g/mol. The van der Waals surface area contributed by atoms with E-state index in [2.05, 4.69) is 20.4 Å². The first kappa shape index (κ1) is 17.8. The van der Waals surface area contributed by atoms with Crippen molar-refractivity contribution in [3.05, 3.63) is 38.9 Å². The molecule has 0 unspecified atom stereocenters. The quantitative estimate of drug-likeness (QED) is 0.598. The number of carbonyl (C=O) groups excluding carboxylic acids is 1. The number of nitrogens with one attached hydrogen (secondary N) is 2. The highest BCUT2D eigenvalue weighted by Gasteiger charge is 2.13. The summed E-state index contributed by atoms with van der Waals surface area (Å²) >= 11 is 1.46. The van der Waals surface area contributed by atoms with Gasteiger partial charge in [0, 0.05) is 30.0 Å². The maximum absolute atomic E-state index is 12.2. The number of carbonyl (C=O) groups is 2. The minimum atomic E-state index is -1.02. The number of anilines is 1. The summed E-state index contributed by atoms with van der Waals surface area (Å²) < 4.78 is 1.21. The number of carboxylic acids is 1. The summed E-state index contributed by atoms with van der Waals surface area (Å²) in [4.78, 5) is 43.7. The summed E-state index contributed by atoms with van der Waals surface area (Å²) in [6, 6.07) is 1.52. The number of thiophene rings is 1. The van der Waals surface area contributed by atoms with Gasteiger partial charge >= 0.3 is 5.97 Å². The number of hydrogen-bond donors (Lipinski definition) is 3. The number of aromatic amines is 1. The van der Waals surface area contributed by atoms with Gasteiger partial charge in [0.1, 0.15) is 17.2 Å². The topological polar surface area (TPSA) is 130 Å². The lowest BCUT2D eigenvalue weighted by atomic mass is 10.2. The van der Waals surface area contributed by atoms with Gasteiger partial charge in [-0.2, -0.15) is 5.10 Å². The number of rotatable bonds is 6. The Labute approximate surface area is 151 Å². The fourth-order valence-electron chi connectivity index (χ4n) is 2.51. The molecule has 0 saturated heterocycles. The van der Waals surface area contributed by atoms with Gasteiger partial charge in [0.15, 0.2) is 5.82 Å². The third-order valence-corrected chi connectivity index (χ3v) is 4.98. The number of aryl methyl sites for hydroxylation is 3. The Morgan fingerprint density at radius 1 is 1.38 bits per heavy atom. The van der Waals surface area contributed by atoms with Crippen molar-refractivity contribution in [3.63, 3.8) is 0 Å². The highest BCUT2D eigenvalue weighted by atomic mass is 32.1. The van der Waals surface area contributed by atoms with Crippen LogP contribution in [0.3, 0.4) is 0 Å². The molecule has 0 aromatic carbocycles. The van der Waals surface area contributed by atoms with Crippen LogP contribution in [-0.4, -0.2) is 36.7 Å². The maximum atomic E-state index is 12.2. The van der Waals surface area contributed by atoms with Crippen molar-refractivity contribution in [2.24, 2.45) is 0 Å². The van der Waals surface area contributed by atoms with E-state index in [0.717, 1.165) is 10.4 Å². The van der Waals surface area contributed by atoms with Crippen LogP contribution in [0.5, 0.6) is 0 Å². The third kappa shape index (κ3) is 3.80. The van der Waals surface area contributed by atoms with Gasteiger partial charge in [0.25, 0.3) is 5.56 Å². The van der Waals surface area contributed by atoms with E-state index >= 15 is 0 Å². The van der Waals surface area contributed by atoms with Crippen molar-refractivity contribution in [1.82, 2.24) is 19.7 Å². The Bertz CT molecular complexity index is 1050. The van der Waals surface area contributed by atoms with Gasteiger partial charge < -0.3 is 15.4 Å². The zero-order valence-corrected chi connectivity index (χ0v) is 15.0. The summed E-state index contributed by atoms with van der Waals surface area (Å²) in [5.41, 5.74) is 0.736. The molecule has 3 N–H and O–H groups in total. The smallest absolute Gasteiger partial charge is 0.325 e. The fourth-order valence-corrected chi connectivity index (χ4v) is 3.56. The molecule has 3 aromatic heterocycles. The van der Waals surface area contributed by atoms with Crippen molar-refractivity contribution in [2.75, 3.05) is 5.32 Å². The van der Waals surface area contributed by atoms with Crippen molar-refractivity contribution in [2.45, 2.75) is 33.2 Å². The molecule has 0 aliphatic rings. The molecule has 1 amide bonds. The van der Waals surface area contributed by atoms with E-state index in [-0.39, 0.29) is 36.7 Å². The Morgan fingerprint density at radius 3 is 2.88 bits per heavy atom. The molecule has 0 atom stereocenters. The van der Waals surface area contributed by atoms with Gasteiger partial charge in [-0.3, -0.25) is 19.1 Å². The first-order valence-electron chi connectivity index (χ1n) is 7.87. The molecule has 136 valence electrons. The van der Waals surface area contributed by atoms with Crippen LogP contribution in [0.15, 0.2) is 17.1 Å². The van der Waals surface area contributed by atoms with Crippen molar-refractivity contribution in [1.29, 1.82) is 0 Å². The van der Waals surface area contributed by atoms with Gasteiger partial charge in [-0.05, 0) is 19.4 Å². The van der Waals surface area contributed by atoms with E-state index in [1.54, 1.807) is 0 Å². The Kier molecular flexibility index (Phi) is 4.85. The standard InChI is InChI=1S/C16H17N5O4S/c1-8-9(2)26-16-14(8)15(25)18-10(19-16)3-4-12(22)17-11-5-6-21(20-11)7-13(23)24/h5-6H,3-4,7H2,1-2H3,(H,23,24)(H,17,20,22)(H,18,19,25). The largest absolute Gasteiger partial charge is 0.480 e. The molecule has 0 saturated carbocycles. The molecule has 0 radical (unpaired) electrons. The molecule has 10 heteroatoms. The van der Waals surface area contributed by atoms with Crippen molar-refractivity contribution >= 4 is 39.2 Å². The molecule has 0 spiro atoms. The highest BCUT2D eigenvalue weighted by Crippen LogP contribution is 2.25. The summed E-state index contributed by atoms with van der Waals surface area (Å²) in [5.74, 6) is -0.588. The van der Waals surface area contributed by atoms with Crippen LogP contribution in [0.4, 0.5) is 5.82 Å². The number of H-pyrrole nitrogens is 1. The minimum absolute atomic E-state index is 0.115. The van der Waals surface area contributed by atoms with Crippen LogP contribution in [0.2, 0.25) is 0 Å². The van der Waals surface area contributed by atoms with Crippen LogP contribution < -0.4 is 10.9 Å². The van der Waals surface area contributed by atoms with Crippen LogP contribution in [-0.2, 0) is 22.6 Å². The fraction of sp³-hybridized carbons (Fsp3) is 0.312.